The number of thiophene rings is 1. The Bertz CT molecular complexity index is 515. The van der Waals surface area contributed by atoms with Crippen molar-refractivity contribution in [2.75, 3.05) is 6.61 Å². The molecule has 3 nitrogen and oxygen atoms in total. The van der Waals surface area contributed by atoms with Crippen LogP contribution in [-0.2, 0) is 0 Å². The number of rotatable bonds is 5. The summed E-state index contributed by atoms with van der Waals surface area (Å²) in [5.41, 5.74) is 7.10. The van der Waals surface area contributed by atoms with E-state index in [9.17, 15) is 0 Å². The standard InChI is InChI=1S/C13H15ClN2OS/c1-2-4-17-10-6-9(7-16-8-10)12(15)13-11(14)3-5-18-13/h3,5-8,12H,2,4,15H2,1H3. The molecule has 0 fully saturated rings. The minimum Gasteiger partial charge on any atom is -0.492 e. The Kier molecular flexibility index (Phi) is 4.58. The van der Waals surface area contributed by atoms with E-state index < -0.39 is 0 Å². The fourth-order valence-corrected chi connectivity index (χ4v) is 2.79. The lowest BCUT2D eigenvalue weighted by atomic mass is 10.1. The van der Waals surface area contributed by atoms with Crippen molar-refractivity contribution in [1.29, 1.82) is 0 Å². The van der Waals surface area contributed by atoms with Gasteiger partial charge in [0, 0.05) is 11.1 Å². The van der Waals surface area contributed by atoms with Crippen molar-refractivity contribution >= 4 is 22.9 Å². The summed E-state index contributed by atoms with van der Waals surface area (Å²) in [6.07, 6.45) is 4.41. The molecule has 1 unspecified atom stereocenters. The van der Waals surface area contributed by atoms with Crippen molar-refractivity contribution < 1.29 is 4.74 Å². The largest absolute Gasteiger partial charge is 0.492 e. The lowest BCUT2D eigenvalue weighted by Gasteiger charge is -2.12. The Balaban J connectivity index is 2.20. The molecule has 1 atom stereocenters. The minimum absolute atomic E-state index is 0.254. The number of hydrogen-bond donors (Lipinski definition) is 1. The summed E-state index contributed by atoms with van der Waals surface area (Å²) in [4.78, 5) is 5.10. The van der Waals surface area contributed by atoms with Crippen molar-refractivity contribution in [3.63, 3.8) is 0 Å². The van der Waals surface area contributed by atoms with Gasteiger partial charge in [-0.3, -0.25) is 4.98 Å². The summed E-state index contributed by atoms with van der Waals surface area (Å²) in [6.45, 7) is 2.74. The number of halogens is 1. The van der Waals surface area contributed by atoms with Gasteiger partial charge in [-0.2, -0.15) is 0 Å². The summed E-state index contributed by atoms with van der Waals surface area (Å²) in [5.74, 6) is 0.748. The lowest BCUT2D eigenvalue weighted by molar-refractivity contribution is 0.315. The Hall–Kier alpha value is -1.10. The molecule has 2 N–H and O–H groups in total. The predicted molar refractivity (Wildman–Crippen MR) is 75.4 cm³/mol. The van der Waals surface area contributed by atoms with E-state index in [0.29, 0.717) is 11.6 Å². The average Bonchev–Trinajstić information content (AvgIpc) is 2.82. The van der Waals surface area contributed by atoms with E-state index in [-0.39, 0.29) is 6.04 Å². The van der Waals surface area contributed by atoms with Crippen LogP contribution in [0.15, 0.2) is 29.9 Å². The van der Waals surface area contributed by atoms with Crippen molar-refractivity contribution in [2.45, 2.75) is 19.4 Å². The molecule has 2 heterocycles. The van der Waals surface area contributed by atoms with Gasteiger partial charge in [-0.05, 0) is 29.5 Å². The van der Waals surface area contributed by atoms with Crippen LogP contribution in [0.4, 0.5) is 0 Å². The fraction of sp³-hybridized carbons (Fsp3) is 0.308. The first-order valence-corrected chi connectivity index (χ1v) is 7.04. The number of hydrogen-bond acceptors (Lipinski definition) is 4. The molecule has 0 amide bonds. The number of pyridine rings is 1. The molecule has 0 aliphatic carbocycles. The van der Waals surface area contributed by atoms with Crippen LogP contribution in [-0.4, -0.2) is 11.6 Å². The van der Waals surface area contributed by atoms with E-state index >= 15 is 0 Å². The highest BCUT2D eigenvalue weighted by Crippen LogP contribution is 2.31. The second kappa shape index (κ2) is 6.18. The van der Waals surface area contributed by atoms with Crippen LogP contribution < -0.4 is 10.5 Å². The first-order valence-electron chi connectivity index (χ1n) is 5.78. The normalized spacial score (nSPS) is 12.4. The smallest absolute Gasteiger partial charge is 0.137 e. The highest BCUT2D eigenvalue weighted by atomic mass is 35.5. The summed E-state index contributed by atoms with van der Waals surface area (Å²) >= 11 is 7.64. The maximum atomic E-state index is 6.19. The van der Waals surface area contributed by atoms with E-state index in [1.807, 2.05) is 17.5 Å². The Morgan fingerprint density at radius 1 is 1.50 bits per heavy atom. The van der Waals surface area contributed by atoms with Gasteiger partial charge in [0.05, 0.1) is 23.9 Å². The van der Waals surface area contributed by atoms with E-state index in [2.05, 4.69) is 11.9 Å². The van der Waals surface area contributed by atoms with E-state index in [0.717, 1.165) is 22.6 Å². The first-order chi connectivity index (χ1) is 8.72. The second-order valence-electron chi connectivity index (χ2n) is 3.91. The highest BCUT2D eigenvalue weighted by Gasteiger charge is 2.14. The third-order valence-electron chi connectivity index (χ3n) is 2.49. The first kappa shape index (κ1) is 13.3. The van der Waals surface area contributed by atoms with E-state index in [1.54, 1.807) is 23.7 Å². The number of nitrogens with two attached hydrogens (primary N) is 1. The van der Waals surface area contributed by atoms with Gasteiger partial charge in [-0.15, -0.1) is 11.3 Å². The third-order valence-corrected chi connectivity index (χ3v) is 3.94. The molecule has 0 bridgehead atoms. The molecule has 0 aromatic carbocycles. The predicted octanol–water partition coefficient (Wildman–Crippen LogP) is 3.63. The number of aromatic nitrogens is 1. The molecule has 18 heavy (non-hydrogen) atoms. The molecule has 2 aromatic heterocycles. The SMILES string of the molecule is CCCOc1cncc(C(N)c2sccc2Cl)c1. The van der Waals surface area contributed by atoms with E-state index in [1.165, 1.54) is 0 Å². The van der Waals surface area contributed by atoms with Crippen LogP contribution in [0.3, 0.4) is 0 Å². The zero-order valence-electron chi connectivity index (χ0n) is 10.1. The maximum Gasteiger partial charge on any atom is 0.137 e. The summed E-state index contributed by atoms with van der Waals surface area (Å²) < 4.78 is 5.55. The second-order valence-corrected chi connectivity index (χ2v) is 5.27. The molecule has 5 heteroatoms. The van der Waals surface area contributed by atoms with Crippen molar-refractivity contribution in [3.05, 3.63) is 45.4 Å². The van der Waals surface area contributed by atoms with Gasteiger partial charge in [0.15, 0.2) is 0 Å². The minimum atomic E-state index is -0.254. The van der Waals surface area contributed by atoms with Gasteiger partial charge in [0.25, 0.3) is 0 Å². The topological polar surface area (TPSA) is 48.1 Å². The molecule has 0 aliphatic rings. The van der Waals surface area contributed by atoms with Crippen LogP contribution in [0.5, 0.6) is 5.75 Å². The Labute approximate surface area is 116 Å². The van der Waals surface area contributed by atoms with Gasteiger partial charge >= 0.3 is 0 Å². The molecule has 0 saturated heterocycles. The van der Waals surface area contributed by atoms with Gasteiger partial charge < -0.3 is 10.5 Å². The number of ether oxygens (including phenoxy) is 1. The van der Waals surface area contributed by atoms with Gasteiger partial charge in [-0.25, -0.2) is 0 Å². The van der Waals surface area contributed by atoms with Gasteiger partial charge in [-0.1, -0.05) is 18.5 Å². The molecular formula is C13H15ClN2OS. The van der Waals surface area contributed by atoms with Crippen molar-refractivity contribution in [3.8, 4) is 5.75 Å². The van der Waals surface area contributed by atoms with Crippen LogP contribution in [0.1, 0.15) is 29.8 Å². The lowest BCUT2D eigenvalue weighted by Crippen LogP contribution is -2.11. The molecule has 0 spiro atoms. The number of nitrogens with zero attached hydrogens (tertiary/aromatic N) is 1. The van der Waals surface area contributed by atoms with Crippen LogP contribution in [0.25, 0.3) is 0 Å². The van der Waals surface area contributed by atoms with Gasteiger partial charge in [0.1, 0.15) is 5.75 Å². The molecule has 96 valence electrons. The summed E-state index contributed by atoms with van der Waals surface area (Å²) in [6, 6.07) is 3.52. The molecule has 0 aliphatic heterocycles. The van der Waals surface area contributed by atoms with Crippen LogP contribution >= 0.6 is 22.9 Å². The monoisotopic (exact) mass is 282 g/mol. The van der Waals surface area contributed by atoms with Crippen LogP contribution in [0.2, 0.25) is 5.02 Å². The quantitative estimate of drug-likeness (QED) is 0.911. The Morgan fingerprint density at radius 2 is 2.33 bits per heavy atom. The summed E-state index contributed by atoms with van der Waals surface area (Å²) in [7, 11) is 0. The van der Waals surface area contributed by atoms with Crippen molar-refractivity contribution in [2.24, 2.45) is 5.73 Å². The van der Waals surface area contributed by atoms with Crippen LogP contribution in [0, 0.1) is 0 Å². The van der Waals surface area contributed by atoms with Gasteiger partial charge in [0.2, 0.25) is 0 Å². The Morgan fingerprint density at radius 3 is 3.00 bits per heavy atom. The maximum absolute atomic E-state index is 6.19. The fourth-order valence-electron chi connectivity index (χ4n) is 1.58. The third kappa shape index (κ3) is 3.02. The average molecular weight is 283 g/mol. The molecule has 2 rings (SSSR count). The summed E-state index contributed by atoms with van der Waals surface area (Å²) in [5, 5.41) is 2.63. The zero-order chi connectivity index (χ0) is 13.0. The molecule has 0 radical (unpaired) electrons. The van der Waals surface area contributed by atoms with Crippen molar-refractivity contribution in [1.82, 2.24) is 4.98 Å². The van der Waals surface area contributed by atoms with E-state index in [4.69, 9.17) is 22.1 Å². The molecule has 2 aromatic rings. The zero-order valence-corrected chi connectivity index (χ0v) is 11.7. The highest BCUT2D eigenvalue weighted by molar-refractivity contribution is 7.10. The molecular weight excluding hydrogens is 268 g/mol. The molecule has 0 saturated carbocycles.